The van der Waals surface area contributed by atoms with Crippen molar-refractivity contribution in [2.24, 2.45) is 0 Å². The lowest BCUT2D eigenvalue weighted by molar-refractivity contribution is -0.123. The molecule has 1 saturated carbocycles. The molecule has 1 amide bonds. The van der Waals surface area contributed by atoms with E-state index < -0.39 is 5.54 Å². The first-order chi connectivity index (χ1) is 8.63. The van der Waals surface area contributed by atoms with Gasteiger partial charge in [-0.05, 0) is 19.3 Å². The Labute approximate surface area is 108 Å². The molecule has 2 aliphatic rings. The zero-order chi connectivity index (χ0) is 13.0. The van der Waals surface area contributed by atoms with E-state index in [1.165, 1.54) is 0 Å². The Bertz CT molecular complexity index is 345. The van der Waals surface area contributed by atoms with Gasteiger partial charge in [-0.2, -0.15) is 5.26 Å². The molecule has 100 valence electrons. The number of likely N-dealkylation sites (tertiary alicyclic amines) is 1. The normalized spacial score (nSPS) is 27.7. The van der Waals surface area contributed by atoms with Gasteiger partial charge in [0.1, 0.15) is 5.54 Å². The van der Waals surface area contributed by atoms with Crippen LogP contribution in [0.3, 0.4) is 0 Å². The quantitative estimate of drug-likeness (QED) is 0.761. The van der Waals surface area contributed by atoms with Crippen LogP contribution in [-0.4, -0.2) is 47.2 Å². The minimum absolute atomic E-state index is 0.0902. The van der Waals surface area contributed by atoms with Crippen LogP contribution < -0.4 is 5.32 Å². The van der Waals surface area contributed by atoms with E-state index in [1.54, 1.807) is 0 Å². The molecule has 1 aliphatic heterocycles. The van der Waals surface area contributed by atoms with Crippen molar-refractivity contribution in [1.29, 1.82) is 5.26 Å². The number of aliphatic hydroxyl groups is 1. The summed E-state index contributed by atoms with van der Waals surface area (Å²) >= 11 is 0. The van der Waals surface area contributed by atoms with Gasteiger partial charge in [0, 0.05) is 13.1 Å². The molecule has 2 rings (SSSR count). The van der Waals surface area contributed by atoms with E-state index in [9.17, 15) is 15.2 Å². The minimum atomic E-state index is -0.645. The number of β-amino-alcohol motifs (C(OH)–C–C–N with tert-alkyl or cyclic N) is 1. The maximum Gasteiger partial charge on any atom is 0.235 e. The molecule has 5 nitrogen and oxygen atoms in total. The molecule has 0 aromatic carbocycles. The Morgan fingerprint density at radius 3 is 2.72 bits per heavy atom. The Morgan fingerprint density at radius 1 is 1.44 bits per heavy atom. The minimum Gasteiger partial charge on any atom is -0.392 e. The molecule has 1 heterocycles. The van der Waals surface area contributed by atoms with Gasteiger partial charge in [-0.1, -0.05) is 19.3 Å². The Balaban J connectivity index is 1.84. The second-order valence-electron chi connectivity index (χ2n) is 5.48. The molecule has 1 unspecified atom stereocenters. The summed E-state index contributed by atoms with van der Waals surface area (Å²) in [6, 6.07) is 2.28. The first kappa shape index (κ1) is 13.3. The summed E-state index contributed by atoms with van der Waals surface area (Å²) in [5.74, 6) is -0.0902. The summed E-state index contributed by atoms with van der Waals surface area (Å²) in [5, 5.41) is 21.6. The topological polar surface area (TPSA) is 76.4 Å². The first-order valence-electron chi connectivity index (χ1n) is 6.76. The molecule has 0 spiro atoms. The average molecular weight is 251 g/mol. The highest BCUT2D eigenvalue weighted by Gasteiger charge is 2.34. The lowest BCUT2D eigenvalue weighted by atomic mass is 9.83. The first-order valence-corrected chi connectivity index (χ1v) is 6.76. The van der Waals surface area contributed by atoms with Crippen molar-refractivity contribution in [3.05, 3.63) is 0 Å². The molecule has 1 saturated heterocycles. The van der Waals surface area contributed by atoms with Crippen molar-refractivity contribution in [1.82, 2.24) is 10.2 Å². The summed E-state index contributed by atoms with van der Waals surface area (Å²) in [4.78, 5) is 13.9. The largest absolute Gasteiger partial charge is 0.392 e. The lowest BCUT2D eigenvalue weighted by Gasteiger charge is -2.32. The highest BCUT2D eigenvalue weighted by Crippen LogP contribution is 2.27. The standard InChI is InChI=1S/C13H21N3O2/c14-10-13(5-2-1-3-6-13)15-12(18)9-16-7-4-11(17)8-16/h11,17H,1-9H2,(H,15,18). The van der Waals surface area contributed by atoms with Crippen LogP contribution in [0, 0.1) is 11.3 Å². The number of carbonyl (C=O) groups is 1. The summed E-state index contributed by atoms with van der Waals surface area (Å²) < 4.78 is 0. The third-order valence-electron chi connectivity index (χ3n) is 3.91. The van der Waals surface area contributed by atoms with Gasteiger partial charge in [-0.15, -0.1) is 0 Å². The van der Waals surface area contributed by atoms with Gasteiger partial charge in [-0.3, -0.25) is 9.69 Å². The van der Waals surface area contributed by atoms with Crippen molar-refractivity contribution in [2.75, 3.05) is 19.6 Å². The van der Waals surface area contributed by atoms with Crippen molar-refractivity contribution in [2.45, 2.75) is 50.2 Å². The van der Waals surface area contributed by atoms with Crippen molar-refractivity contribution < 1.29 is 9.90 Å². The molecule has 0 aromatic heterocycles. The van der Waals surface area contributed by atoms with Crippen LogP contribution in [0.4, 0.5) is 0 Å². The van der Waals surface area contributed by atoms with Crippen LogP contribution in [0.5, 0.6) is 0 Å². The molecule has 18 heavy (non-hydrogen) atoms. The Kier molecular flexibility index (Phi) is 4.20. The number of nitrogens with zero attached hydrogens (tertiary/aromatic N) is 2. The smallest absolute Gasteiger partial charge is 0.235 e. The number of hydrogen-bond donors (Lipinski definition) is 2. The molecule has 0 bridgehead atoms. The third kappa shape index (κ3) is 3.21. The number of nitrogens with one attached hydrogen (secondary N) is 1. The van der Waals surface area contributed by atoms with Gasteiger partial charge in [0.05, 0.1) is 18.7 Å². The SMILES string of the molecule is N#CC1(NC(=O)CN2CCC(O)C2)CCCCC1. The van der Waals surface area contributed by atoms with E-state index in [4.69, 9.17) is 0 Å². The molecule has 0 aromatic rings. The second-order valence-corrected chi connectivity index (χ2v) is 5.48. The fraction of sp³-hybridized carbons (Fsp3) is 0.846. The molecule has 2 fully saturated rings. The zero-order valence-electron chi connectivity index (χ0n) is 10.7. The number of rotatable bonds is 3. The maximum atomic E-state index is 12.0. The van der Waals surface area contributed by atoms with E-state index in [0.717, 1.165) is 45.1 Å². The van der Waals surface area contributed by atoms with Crippen molar-refractivity contribution in [3.8, 4) is 6.07 Å². The summed E-state index contributed by atoms with van der Waals surface area (Å²) in [6.45, 7) is 1.61. The summed E-state index contributed by atoms with van der Waals surface area (Å²) in [7, 11) is 0. The summed E-state index contributed by atoms with van der Waals surface area (Å²) in [5.41, 5.74) is -0.645. The van der Waals surface area contributed by atoms with Crippen LogP contribution >= 0.6 is 0 Å². The van der Waals surface area contributed by atoms with E-state index in [2.05, 4.69) is 11.4 Å². The molecular formula is C13H21N3O2. The zero-order valence-corrected chi connectivity index (χ0v) is 10.7. The third-order valence-corrected chi connectivity index (χ3v) is 3.91. The monoisotopic (exact) mass is 251 g/mol. The number of aliphatic hydroxyl groups excluding tert-OH is 1. The van der Waals surface area contributed by atoms with Gasteiger partial charge in [0.25, 0.3) is 0 Å². The van der Waals surface area contributed by atoms with Crippen LogP contribution in [0.15, 0.2) is 0 Å². The number of hydrogen-bond acceptors (Lipinski definition) is 4. The van der Waals surface area contributed by atoms with E-state index in [-0.39, 0.29) is 12.0 Å². The van der Waals surface area contributed by atoms with Crippen LogP contribution in [-0.2, 0) is 4.79 Å². The molecule has 1 aliphatic carbocycles. The van der Waals surface area contributed by atoms with Gasteiger partial charge < -0.3 is 10.4 Å². The van der Waals surface area contributed by atoms with E-state index in [1.807, 2.05) is 4.90 Å². The molecule has 2 N–H and O–H groups in total. The van der Waals surface area contributed by atoms with Crippen LogP contribution in [0.25, 0.3) is 0 Å². The average Bonchev–Trinajstić information content (AvgIpc) is 2.75. The van der Waals surface area contributed by atoms with Gasteiger partial charge >= 0.3 is 0 Å². The number of amides is 1. The molecule has 1 atom stereocenters. The van der Waals surface area contributed by atoms with Crippen molar-refractivity contribution >= 4 is 5.91 Å². The highest BCUT2D eigenvalue weighted by molar-refractivity contribution is 5.79. The maximum absolute atomic E-state index is 12.0. The Hall–Kier alpha value is -1.12. The van der Waals surface area contributed by atoms with Gasteiger partial charge in [-0.25, -0.2) is 0 Å². The van der Waals surface area contributed by atoms with E-state index in [0.29, 0.717) is 13.1 Å². The summed E-state index contributed by atoms with van der Waals surface area (Å²) in [6.07, 6.45) is 5.12. The van der Waals surface area contributed by atoms with Gasteiger partial charge in [0.15, 0.2) is 0 Å². The predicted molar refractivity (Wildman–Crippen MR) is 66.6 cm³/mol. The molecule has 0 radical (unpaired) electrons. The highest BCUT2D eigenvalue weighted by atomic mass is 16.3. The molecular weight excluding hydrogens is 230 g/mol. The fourth-order valence-corrected chi connectivity index (χ4v) is 2.89. The van der Waals surface area contributed by atoms with Crippen molar-refractivity contribution in [3.63, 3.8) is 0 Å². The van der Waals surface area contributed by atoms with Crippen LogP contribution in [0.2, 0.25) is 0 Å². The lowest BCUT2D eigenvalue weighted by Crippen LogP contribution is -2.51. The second kappa shape index (κ2) is 5.68. The Morgan fingerprint density at radius 2 is 2.17 bits per heavy atom. The predicted octanol–water partition coefficient (Wildman–Crippen LogP) is 0.396. The fourth-order valence-electron chi connectivity index (χ4n) is 2.89. The number of nitriles is 1. The van der Waals surface area contributed by atoms with E-state index >= 15 is 0 Å². The molecule has 5 heteroatoms. The van der Waals surface area contributed by atoms with Crippen LogP contribution in [0.1, 0.15) is 38.5 Å². The number of carbonyl (C=O) groups excluding carboxylic acids is 1. The van der Waals surface area contributed by atoms with Gasteiger partial charge in [0.2, 0.25) is 5.91 Å².